The minimum absolute atomic E-state index is 0.456. The fourth-order valence-corrected chi connectivity index (χ4v) is 1.64. The standard InChI is InChI=1S/C11H21NO3/c1-3-12(7-9-5-6-9)8-10(11(13)14)15-4-2/h9-10H,3-8H2,1-2H3,(H,13,14). The average Bonchev–Trinajstić information content (AvgIpc) is 2.99. The molecule has 1 aliphatic rings. The Balaban J connectivity index is 2.34. The summed E-state index contributed by atoms with van der Waals surface area (Å²) in [5, 5.41) is 8.95. The minimum atomic E-state index is -0.855. The molecule has 0 aromatic carbocycles. The number of hydrogen-bond donors (Lipinski definition) is 1. The molecule has 1 unspecified atom stereocenters. The summed E-state index contributed by atoms with van der Waals surface area (Å²) >= 11 is 0. The van der Waals surface area contributed by atoms with E-state index in [2.05, 4.69) is 11.8 Å². The Bertz CT molecular complexity index is 204. The Kier molecular flexibility index (Phi) is 5.05. The second-order valence-corrected chi connectivity index (χ2v) is 4.08. The molecule has 4 nitrogen and oxygen atoms in total. The van der Waals surface area contributed by atoms with Gasteiger partial charge in [-0.3, -0.25) is 0 Å². The van der Waals surface area contributed by atoms with Crippen molar-refractivity contribution in [3.63, 3.8) is 0 Å². The third kappa shape index (κ3) is 4.62. The van der Waals surface area contributed by atoms with Gasteiger partial charge in [-0.1, -0.05) is 6.92 Å². The summed E-state index contributed by atoms with van der Waals surface area (Å²) in [5.74, 6) is -0.0629. The Morgan fingerprint density at radius 1 is 1.53 bits per heavy atom. The van der Waals surface area contributed by atoms with Gasteiger partial charge in [-0.05, 0) is 32.2 Å². The van der Waals surface area contributed by atoms with Crippen LogP contribution in [0.2, 0.25) is 0 Å². The number of carboxylic acids is 1. The number of carbonyl (C=O) groups is 1. The van der Waals surface area contributed by atoms with Crippen molar-refractivity contribution in [3.05, 3.63) is 0 Å². The number of nitrogens with zero attached hydrogens (tertiary/aromatic N) is 1. The van der Waals surface area contributed by atoms with E-state index in [4.69, 9.17) is 9.84 Å². The van der Waals surface area contributed by atoms with E-state index in [9.17, 15) is 4.79 Å². The SMILES string of the molecule is CCOC(CN(CC)CC1CC1)C(=O)O. The van der Waals surface area contributed by atoms with Crippen LogP contribution in [-0.4, -0.2) is 48.3 Å². The van der Waals surface area contributed by atoms with Crippen LogP contribution in [0.5, 0.6) is 0 Å². The van der Waals surface area contributed by atoms with E-state index in [1.807, 2.05) is 6.92 Å². The summed E-state index contributed by atoms with van der Waals surface area (Å²) in [4.78, 5) is 13.1. The first kappa shape index (κ1) is 12.5. The van der Waals surface area contributed by atoms with Gasteiger partial charge in [-0.2, -0.15) is 0 Å². The third-order valence-electron chi connectivity index (χ3n) is 2.73. The Labute approximate surface area is 91.2 Å². The average molecular weight is 215 g/mol. The first-order valence-corrected chi connectivity index (χ1v) is 5.74. The highest BCUT2D eigenvalue weighted by molar-refractivity contribution is 5.72. The number of rotatable bonds is 8. The van der Waals surface area contributed by atoms with Crippen molar-refractivity contribution in [1.29, 1.82) is 0 Å². The summed E-state index contributed by atoms with van der Waals surface area (Å²) in [7, 11) is 0. The molecule has 0 radical (unpaired) electrons. The highest BCUT2D eigenvalue weighted by Gasteiger charge is 2.27. The number of ether oxygens (including phenoxy) is 1. The molecule has 1 N–H and O–H groups in total. The lowest BCUT2D eigenvalue weighted by Crippen LogP contribution is -2.39. The molecule has 1 atom stereocenters. The third-order valence-corrected chi connectivity index (χ3v) is 2.73. The first-order valence-electron chi connectivity index (χ1n) is 5.74. The number of carboxylic acid groups (broad SMARTS) is 1. The fraction of sp³-hybridized carbons (Fsp3) is 0.909. The van der Waals surface area contributed by atoms with Gasteiger partial charge in [0.15, 0.2) is 6.10 Å². The summed E-state index contributed by atoms with van der Waals surface area (Å²) in [6, 6.07) is 0. The molecule has 0 bridgehead atoms. The topological polar surface area (TPSA) is 49.8 Å². The summed E-state index contributed by atoms with van der Waals surface area (Å²) in [6.45, 7) is 6.77. The predicted molar refractivity (Wildman–Crippen MR) is 57.9 cm³/mol. The highest BCUT2D eigenvalue weighted by atomic mass is 16.5. The van der Waals surface area contributed by atoms with Crippen molar-refractivity contribution in [2.24, 2.45) is 5.92 Å². The number of likely N-dealkylation sites (N-methyl/N-ethyl adjacent to an activating group) is 1. The Morgan fingerprint density at radius 2 is 2.20 bits per heavy atom. The maximum Gasteiger partial charge on any atom is 0.334 e. The van der Waals surface area contributed by atoms with Crippen molar-refractivity contribution >= 4 is 5.97 Å². The zero-order valence-electron chi connectivity index (χ0n) is 9.61. The van der Waals surface area contributed by atoms with E-state index in [1.54, 1.807) is 0 Å². The maximum atomic E-state index is 10.9. The fourth-order valence-electron chi connectivity index (χ4n) is 1.64. The summed E-state index contributed by atoms with van der Waals surface area (Å²) in [6.07, 6.45) is 1.92. The second-order valence-electron chi connectivity index (χ2n) is 4.08. The van der Waals surface area contributed by atoms with E-state index in [1.165, 1.54) is 12.8 Å². The monoisotopic (exact) mass is 215 g/mol. The molecule has 0 aromatic heterocycles. The molecule has 0 aliphatic heterocycles. The van der Waals surface area contributed by atoms with Crippen molar-refractivity contribution in [1.82, 2.24) is 4.90 Å². The molecule has 0 saturated heterocycles. The molecule has 0 amide bonds. The van der Waals surface area contributed by atoms with Crippen LogP contribution in [0.25, 0.3) is 0 Å². The molecule has 0 heterocycles. The van der Waals surface area contributed by atoms with E-state index in [0.717, 1.165) is 19.0 Å². The van der Waals surface area contributed by atoms with Gasteiger partial charge >= 0.3 is 5.97 Å². The lowest BCUT2D eigenvalue weighted by atomic mass is 10.3. The van der Waals surface area contributed by atoms with Crippen LogP contribution in [-0.2, 0) is 9.53 Å². The summed E-state index contributed by atoms with van der Waals surface area (Å²) in [5.41, 5.74) is 0. The Morgan fingerprint density at radius 3 is 2.60 bits per heavy atom. The summed E-state index contributed by atoms with van der Waals surface area (Å²) < 4.78 is 5.20. The van der Waals surface area contributed by atoms with Gasteiger partial charge in [0.1, 0.15) is 0 Å². The van der Waals surface area contributed by atoms with Gasteiger partial charge in [-0.25, -0.2) is 4.79 Å². The number of hydrogen-bond acceptors (Lipinski definition) is 3. The smallest absolute Gasteiger partial charge is 0.334 e. The van der Waals surface area contributed by atoms with E-state index in [0.29, 0.717) is 13.2 Å². The normalized spacial score (nSPS) is 18.1. The molecule has 15 heavy (non-hydrogen) atoms. The lowest BCUT2D eigenvalue weighted by Gasteiger charge is -2.23. The van der Waals surface area contributed by atoms with Crippen LogP contribution in [0.1, 0.15) is 26.7 Å². The molecular formula is C11H21NO3. The van der Waals surface area contributed by atoms with Crippen LogP contribution in [0.4, 0.5) is 0 Å². The van der Waals surface area contributed by atoms with Gasteiger partial charge in [0.2, 0.25) is 0 Å². The van der Waals surface area contributed by atoms with Crippen molar-refractivity contribution in [2.45, 2.75) is 32.8 Å². The largest absolute Gasteiger partial charge is 0.479 e. The van der Waals surface area contributed by atoms with Gasteiger partial charge in [0, 0.05) is 19.7 Å². The van der Waals surface area contributed by atoms with E-state index in [-0.39, 0.29) is 0 Å². The van der Waals surface area contributed by atoms with Crippen molar-refractivity contribution < 1.29 is 14.6 Å². The zero-order valence-corrected chi connectivity index (χ0v) is 9.61. The minimum Gasteiger partial charge on any atom is -0.479 e. The molecule has 88 valence electrons. The zero-order chi connectivity index (χ0) is 11.3. The van der Waals surface area contributed by atoms with Crippen LogP contribution in [0.3, 0.4) is 0 Å². The second kappa shape index (κ2) is 6.08. The highest BCUT2D eigenvalue weighted by Crippen LogP contribution is 2.29. The molecule has 1 rings (SSSR count). The van der Waals surface area contributed by atoms with Gasteiger partial charge < -0.3 is 14.7 Å². The van der Waals surface area contributed by atoms with Gasteiger partial charge in [-0.15, -0.1) is 0 Å². The molecule has 1 fully saturated rings. The molecule has 0 aromatic rings. The number of aliphatic carboxylic acids is 1. The van der Waals surface area contributed by atoms with Crippen molar-refractivity contribution in [3.8, 4) is 0 Å². The Hall–Kier alpha value is -0.610. The van der Waals surface area contributed by atoms with Crippen LogP contribution in [0, 0.1) is 5.92 Å². The van der Waals surface area contributed by atoms with Crippen LogP contribution in [0.15, 0.2) is 0 Å². The molecule has 1 saturated carbocycles. The van der Waals surface area contributed by atoms with Gasteiger partial charge in [0.05, 0.1) is 0 Å². The molecule has 0 spiro atoms. The first-order chi connectivity index (χ1) is 7.17. The quantitative estimate of drug-likeness (QED) is 0.661. The van der Waals surface area contributed by atoms with E-state index >= 15 is 0 Å². The van der Waals surface area contributed by atoms with Crippen LogP contribution >= 0.6 is 0 Å². The maximum absolute atomic E-state index is 10.9. The molecular weight excluding hydrogens is 194 g/mol. The van der Waals surface area contributed by atoms with Crippen LogP contribution < -0.4 is 0 Å². The predicted octanol–water partition coefficient (Wildman–Crippen LogP) is 1.21. The van der Waals surface area contributed by atoms with Crippen molar-refractivity contribution in [2.75, 3.05) is 26.2 Å². The lowest BCUT2D eigenvalue weighted by molar-refractivity contribution is -0.151. The molecule has 1 aliphatic carbocycles. The molecule has 4 heteroatoms. The van der Waals surface area contributed by atoms with E-state index < -0.39 is 12.1 Å². The van der Waals surface area contributed by atoms with Gasteiger partial charge in [0.25, 0.3) is 0 Å².